The molecule has 2 aromatic rings. The van der Waals surface area contributed by atoms with E-state index in [1.807, 2.05) is 30.3 Å². The molecule has 2 N–H and O–H groups in total. The fraction of sp³-hybridized carbons (Fsp3) is 0.222. The quantitative estimate of drug-likeness (QED) is 0.789. The zero-order valence-corrected chi connectivity index (χ0v) is 14.5. The summed E-state index contributed by atoms with van der Waals surface area (Å²) in [6.45, 7) is 0. The first-order chi connectivity index (χ1) is 11.6. The first kappa shape index (κ1) is 17.7. The Hall–Kier alpha value is -2.60. The number of methoxy groups -OCH3 is 2. The van der Waals surface area contributed by atoms with E-state index in [9.17, 15) is 4.79 Å². The lowest BCUT2D eigenvalue weighted by Gasteiger charge is -2.12. The molecule has 0 aliphatic rings. The third kappa shape index (κ3) is 5.24. The second-order valence-corrected chi connectivity index (χ2v) is 5.47. The highest BCUT2D eigenvalue weighted by molar-refractivity contribution is 7.80. The van der Waals surface area contributed by atoms with E-state index in [-0.39, 0.29) is 11.0 Å². The van der Waals surface area contributed by atoms with Crippen molar-refractivity contribution in [3.8, 4) is 11.5 Å². The van der Waals surface area contributed by atoms with Crippen LogP contribution in [0.2, 0.25) is 0 Å². The Labute approximate surface area is 147 Å². The molecule has 126 valence electrons. The van der Waals surface area contributed by atoms with E-state index in [0.717, 1.165) is 5.56 Å². The van der Waals surface area contributed by atoms with Gasteiger partial charge in [-0.3, -0.25) is 4.79 Å². The third-order valence-electron chi connectivity index (χ3n) is 3.38. The van der Waals surface area contributed by atoms with Crippen LogP contribution in [0.5, 0.6) is 11.5 Å². The van der Waals surface area contributed by atoms with Crippen LogP contribution in [0.15, 0.2) is 48.5 Å². The van der Waals surface area contributed by atoms with Crippen LogP contribution in [-0.2, 0) is 11.2 Å². The molecule has 5 nitrogen and oxygen atoms in total. The Bertz CT molecular complexity index is 705. The van der Waals surface area contributed by atoms with E-state index in [0.29, 0.717) is 30.0 Å². The largest absolute Gasteiger partial charge is 0.493 e. The topological polar surface area (TPSA) is 59.6 Å². The molecule has 24 heavy (non-hydrogen) atoms. The number of rotatable bonds is 6. The number of hydrogen-bond donors (Lipinski definition) is 2. The second-order valence-electron chi connectivity index (χ2n) is 5.06. The molecule has 0 fully saturated rings. The van der Waals surface area contributed by atoms with E-state index in [4.69, 9.17) is 21.7 Å². The molecule has 0 spiro atoms. The van der Waals surface area contributed by atoms with Gasteiger partial charge in [-0.2, -0.15) is 0 Å². The third-order valence-corrected chi connectivity index (χ3v) is 3.58. The van der Waals surface area contributed by atoms with E-state index in [1.165, 1.54) is 0 Å². The Balaban J connectivity index is 1.85. The molecule has 0 heterocycles. The van der Waals surface area contributed by atoms with Crippen LogP contribution in [0.1, 0.15) is 12.0 Å². The molecule has 0 atom stereocenters. The highest BCUT2D eigenvalue weighted by Gasteiger charge is 2.08. The van der Waals surface area contributed by atoms with Gasteiger partial charge in [-0.15, -0.1) is 0 Å². The summed E-state index contributed by atoms with van der Waals surface area (Å²) in [5.41, 5.74) is 1.83. The first-order valence-electron chi connectivity index (χ1n) is 7.49. The van der Waals surface area contributed by atoms with Gasteiger partial charge in [-0.05, 0) is 36.3 Å². The van der Waals surface area contributed by atoms with Gasteiger partial charge in [0.2, 0.25) is 5.91 Å². The fourth-order valence-electron chi connectivity index (χ4n) is 2.17. The Morgan fingerprint density at radius 3 is 2.42 bits per heavy atom. The number of amides is 1. The molecule has 0 radical (unpaired) electrons. The van der Waals surface area contributed by atoms with Crippen LogP contribution < -0.4 is 20.1 Å². The summed E-state index contributed by atoms with van der Waals surface area (Å²) in [4.78, 5) is 12.0. The maximum atomic E-state index is 12.0. The summed E-state index contributed by atoms with van der Waals surface area (Å²) in [5.74, 6) is 1.08. The predicted octanol–water partition coefficient (Wildman–Crippen LogP) is 3.15. The lowest BCUT2D eigenvalue weighted by atomic mass is 10.1. The van der Waals surface area contributed by atoms with Gasteiger partial charge >= 0.3 is 0 Å². The van der Waals surface area contributed by atoms with Gasteiger partial charge < -0.3 is 20.1 Å². The van der Waals surface area contributed by atoms with Gasteiger partial charge in [0.15, 0.2) is 16.6 Å². The predicted molar refractivity (Wildman–Crippen MR) is 98.7 cm³/mol. The smallest absolute Gasteiger partial charge is 0.226 e. The summed E-state index contributed by atoms with van der Waals surface area (Å²) in [5, 5.41) is 5.89. The van der Waals surface area contributed by atoms with E-state index in [1.54, 1.807) is 32.4 Å². The lowest BCUT2D eigenvalue weighted by Crippen LogP contribution is -2.34. The van der Waals surface area contributed by atoms with Crippen molar-refractivity contribution in [2.45, 2.75) is 12.8 Å². The van der Waals surface area contributed by atoms with Gasteiger partial charge in [0.05, 0.1) is 14.2 Å². The Morgan fingerprint density at radius 1 is 1.04 bits per heavy atom. The van der Waals surface area contributed by atoms with Gasteiger partial charge in [-0.25, -0.2) is 0 Å². The number of carbonyl (C=O) groups is 1. The minimum atomic E-state index is -0.128. The Kier molecular flexibility index (Phi) is 6.57. The van der Waals surface area contributed by atoms with Crippen molar-refractivity contribution in [2.24, 2.45) is 0 Å². The van der Waals surface area contributed by atoms with Crippen LogP contribution >= 0.6 is 12.2 Å². The molecular weight excluding hydrogens is 324 g/mol. The van der Waals surface area contributed by atoms with Crippen LogP contribution in [0.3, 0.4) is 0 Å². The van der Waals surface area contributed by atoms with Crippen LogP contribution in [0.25, 0.3) is 0 Å². The van der Waals surface area contributed by atoms with E-state index < -0.39 is 0 Å². The summed E-state index contributed by atoms with van der Waals surface area (Å²) >= 11 is 5.17. The maximum Gasteiger partial charge on any atom is 0.226 e. The summed E-state index contributed by atoms with van der Waals surface area (Å²) in [7, 11) is 3.13. The molecular formula is C18H20N2O3S. The molecule has 0 aliphatic carbocycles. The van der Waals surface area contributed by atoms with Crippen molar-refractivity contribution in [2.75, 3.05) is 19.5 Å². The molecule has 1 amide bonds. The molecule has 2 aromatic carbocycles. The van der Waals surface area contributed by atoms with Crippen LogP contribution in [0.4, 0.5) is 5.69 Å². The number of anilines is 1. The molecule has 0 saturated heterocycles. The van der Waals surface area contributed by atoms with E-state index in [2.05, 4.69) is 10.6 Å². The normalized spacial score (nSPS) is 9.92. The number of carbonyl (C=O) groups excluding carboxylic acids is 1. The number of hydrogen-bond acceptors (Lipinski definition) is 4. The molecule has 6 heteroatoms. The summed E-state index contributed by atoms with van der Waals surface area (Å²) < 4.78 is 10.4. The molecule has 0 aromatic heterocycles. The van der Waals surface area contributed by atoms with E-state index >= 15 is 0 Å². The first-order valence-corrected chi connectivity index (χ1v) is 7.90. The number of aryl methyl sites for hydroxylation is 1. The number of nitrogens with one attached hydrogen (secondary N) is 2. The molecule has 0 unspecified atom stereocenters. The van der Waals surface area contributed by atoms with Crippen molar-refractivity contribution in [1.82, 2.24) is 5.32 Å². The SMILES string of the molecule is COc1ccc(NC(=S)NC(=O)CCc2ccccc2)cc1OC. The highest BCUT2D eigenvalue weighted by atomic mass is 32.1. The minimum Gasteiger partial charge on any atom is -0.493 e. The average Bonchev–Trinajstić information content (AvgIpc) is 2.60. The minimum absolute atomic E-state index is 0.128. The summed E-state index contributed by atoms with van der Waals surface area (Å²) in [6.07, 6.45) is 1.05. The average molecular weight is 344 g/mol. The standard InChI is InChI=1S/C18H20N2O3S/c1-22-15-10-9-14(12-16(15)23-2)19-18(24)20-17(21)11-8-13-6-4-3-5-7-13/h3-7,9-10,12H,8,11H2,1-2H3,(H2,19,20,21,24). The van der Waals surface area contributed by atoms with Crippen molar-refractivity contribution in [3.05, 3.63) is 54.1 Å². The van der Waals surface area contributed by atoms with Gasteiger partial charge in [-0.1, -0.05) is 30.3 Å². The van der Waals surface area contributed by atoms with Crippen LogP contribution in [0, 0.1) is 0 Å². The van der Waals surface area contributed by atoms with Gasteiger partial charge in [0, 0.05) is 18.2 Å². The van der Waals surface area contributed by atoms with Crippen molar-refractivity contribution in [3.63, 3.8) is 0 Å². The van der Waals surface area contributed by atoms with Crippen molar-refractivity contribution in [1.29, 1.82) is 0 Å². The zero-order valence-electron chi connectivity index (χ0n) is 13.7. The number of benzene rings is 2. The molecule has 0 bridgehead atoms. The monoisotopic (exact) mass is 344 g/mol. The Morgan fingerprint density at radius 2 is 1.75 bits per heavy atom. The number of thiocarbonyl (C=S) groups is 1. The van der Waals surface area contributed by atoms with Gasteiger partial charge in [0.25, 0.3) is 0 Å². The summed E-state index contributed by atoms with van der Waals surface area (Å²) in [6, 6.07) is 15.2. The fourth-order valence-corrected chi connectivity index (χ4v) is 2.40. The van der Waals surface area contributed by atoms with Gasteiger partial charge in [0.1, 0.15) is 0 Å². The zero-order chi connectivity index (χ0) is 17.4. The van der Waals surface area contributed by atoms with Crippen LogP contribution in [-0.4, -0.2) is 25.2 Å². The molecule has 0 aliphatic heterocycles. The van der Waals surface area contributed by atoms with Crippen molar-refractivity contribution < 1.29 is 14.3 Å². The van der Waals surface area contributed by atoms with Crippen molar-refractivity contribution >= 4 is 28.9 Å². The molecule has 0 saturated carbocycles. The number of ether oxygens (including phenoxy) is 2. The molecule has 2 rings (SSSR count). The second kappa shape index (κ2) is 8.88. The lowest BCUT2D eigenvalue weighted by molar-refractivity contribution is -0.119. The maximum absolute atomic E-state index is 12.0. The highest BCUT2D eigenvalue weighted by Crippen LogP contribution is 2.29.